The molecule has 3 aromatic rings. The lowest BCUT2D eigenvalue weighted by Crippen LogP contribution is -1.93. The first-order chi connectivity index (χ1) is 9.72. The Morgan fingerprint density at radius 2 is 1.50 bits per heavy atom. The smallest absolute Gasteiger partial charge is 0.161 e. The molecule has 1 aromatic heterocycles. The van der Waals surface area contributed by atoms with Gasteiger partial charge in [0.15, 0.2) is 5.82 Å². The van der Waals surface area contributed by atoms with Crippen molar-refractivity contribution in [3.8, 4) is 22.6 Å². The highest BCUT2D eigenvalue weighted by atomic mass is 35.5. The molecule has 20 heavy (non-hydrogen) atoms. The highest BCUT2D eigenvalue weighted by molar-refractivity contribution is 6.29. The fourth-order valence-electron chi connectivity index (χ4n) is 2.01. The zero-order valence-electron chi connectivity index (χ0n) is 11.0. The fourth-order valence-corrected chi connectivity index (χ4v) is 2.19. The van der Waals surface area contributed by atoms with Crippen LogP contribution >= 0.6 is 11.6 Å². The van der Waals surface area contributed by atoms with E-state index < -0.39 is 0 Å². The van der Waals surface area contributed by atoms with E-state index in [0.717, 1.165) is 16.8 Å². The van der Waals surface area contributed by atoms with Gasteiger partial charge in [0.25, 0.3) is 0 Å². The molecule has 0 atom stereocenters. The van der Waals surface area contributed by atoms with Crippen LogP contribution in [0, 0.1) is 6.92 Å². The molecule has 0 spiro atoms. The van der Waals surface area contributed by atoms with Gasteiger partial charge in [-0.2, -0.15) is 0 Å². The zero-order chi connectivity index (χ0) is 13.9. The highest BCUT2D eigenvalue weighted by Gasteiger charge is 2.07. The number of hydrogen-bond donors (Lipinski definition) is 0. The van der Waals surface area contributed by atoms with Crippen molar-refractivity contribution in [2.75, 3.05) is 0 Å². The van der Waals surface area contributed by atoms with Crippen molar-refractivity contribution in [2.24, 2.45) is 0 Å². The minimum atomic E-state index is 0.453. The maximum atomic E-state index is 6.13. The first-order valence-corrected chi connectivity index (χ1v) is 6.77. The number of aryl methyl sites for hydroxylation is 1. The first-order valence-electron chi connectivity index (χ1n) is 6.39. The lowest BCUT2D eigenvalue weighted by Gasteiger charge is -2.06. The van der Waals surface area contributed by atoms with Gasteiger partial charge in [0.2, 0.25) is 0 Å². The van der Waals surface area contributed by atoms with Gasteiger partial charge >= 0.3 is 0 Å². The first kappa shape index (κ1) is 12.8. The number of aromatic nitrogens is 2. The Morgan fingerprint density at radius 1 is 0.800 bits per heavy atom. The Bertz CT molecular complexity index is 722. The van der Waals surface area contributed by atoms with Crippen molar-refractivity contribution in [2.45, 2.75) is 6.92 Å². The van der Waals surface area contributed by atoms with Gasteiger partial charge < -0.3 is 0 Å². The van der Waals surface area contributed by atoms with E-state index in [1.165, 1.54) is 5.56 Å². The summed E-state index contributed by atoms with van der Waals surface area (Å²) in [6.45, 7) is 2.06. The van der Waals surface area contributed by atoms with Crippen molar-refractivity contribution in [1.82, 2.24) is 9.97 Å². The molecule has 0 N–H and O–H groups in total. The second-order valence-electron chi connectivity index (χ2n) is 4.63. The Morgan fingerprint density at radius 3 is 2.20 bits per heavy atom. The normalized spacial score (nSPS) is 10.5. The van der Waals surface area contributed by atoms with Crippen molar-refractivity contribution in [1.29, 1.82) is 0 Å². The summed E-state index contributed by atoms with van der Waals surface area (Å²) in [7, 11) is 0. The van der Waals surface area contributed by atoms with Gasteiger partial charge in [0, 0.05) is 17.2 Å². The Kier molecular flexibility index (Phi) is 3.48. The molecule has 2 nitrogen and oxygen atoms in total. The van der Waals surface area contributed by atoms with E-state index >= 15 is 0 Å². The number of benzene rings is 2. The summed E-state index contributed by atoms with van der Waals surface area (Å²) < 4.78 is 0. The van der Waals surface area contributed by atoms with Gasteiger partial charge in [-0.25, -0.2) is 9.97 Å². The minimum absolute atomic E-state index is 0.453. The van der Waals surface area contributed by atoms with Crippen LogP contribution in [0.15, 0.2) is 60.7 Å². The molecule has 0 aliphatic rings. The van der Waals surface area contributed by atoms with Gasteiger partial charge in [-0.15, -0.1) is 0 Å². The van der Waals surface area contributed by atoms with Gasteiger partial charge in [-0.3, -0.25) is 0 Å². The van der Waals surface area contributed by atoms with Crippen LogP contribution in [-0.4, -0.2) is 9.97 Å². The summed E-state index contributed by atoms with van der Waals surface area (Å²) >= 11 is 6.13. The minimum Gasteiger partial charge on any atom is -0.228 e. The standard InChI is InChI=1S/C17H13ClN2/c1-12-7-9-13(10-8-12)15-11-16(18)20-17(19-15)14-5-3-2-4-6-14/h2-11H,1H3. The molecule has 0 aliphatic heterocycles. The molecule has 0 fully saturated rings. The predicted molar refractivity (Wildman–Crippen MR) is 82.7 cm³/mol. The second-order valence-corrected chi connectivity index (χ2v) is 5.02. The third-order valence-electron chi connectivity index (χ3n) is 3.07. The third-order valence-corrected chi connectivity index (χ3v) is 3.27. The average Bonchev–Trinajstić information content (AvgIpc) is 2.48. The Hall–Kier alpha value is -2.19. The van der Waals surface area contributed by atoms with E-state index in [-0.39, 0.29) is 0 Å². The largest absolute Gasteiger partial charge is 0.228 e. The Balaban J connectivity index is 2.09. The number of rotatable bonds is 2. The highest BCUT2D eigenvalue weighted by Crippen LogP contribution is 2.24. The third kappa shape index (κ3) is 2.70. The van der Waals surface area contributed by atoms with Crippen molar-refractivity contribution in [3.05, 3.63) is 71.4 Å². The molecule has 0 saturated carbocycles. The maximum absolute atomic E-state index is 6.13. The summed E-state index contributed by atoms with van der Waals surface area (Å²) in [5.74, 6) is 0.647. The number of hydrogen-bond acceptors (Lipinski definition) is 2. The maximum Gasteiger partial charge on any atom is 0.161 e. The molecule has 98 valence electrons. The molecule has 1 heterocycles. The summed E-state index contributed by atoms with van der Waals surface area (Å²) in [5, 5.41) is 0.453. The molecular formula is C17H13ClN2. The van der Waals surface area contributed by atoms with E-state index in [0.29, 0.717) is 11.0 Å². The van der Waals surface area contributed by atoms with Crippen LogP contribution < -0.4 is 0 Å². The van der Waals surface area contributed by atoms with Crippen LogP contribution in [0.1, 0.15) is 5.56 Å². The Labute approximate surface area is 123 Å². The molecule has 0 aliphatic carbocycles. The molecule has 0 unspecified atom stereocenters. The van der Waals surface area contributed by atoms with E-state index in [1.807, 2.05) is 42.5 Å². The number of halogens is 1. The quantitative estimate of drug-likeness (QED) is 0.632. The van der Waals surface area contributed by atoms with Crippen LogP contribution in [0.5, 0.6) is 0 Å². The summed E-state index contributed by atoms with van der Waals surface area (Å²) in [6.07, 6.45) is 0. The van der Waals surface area contributed by atoms with Gasteiger partial charge in [0.1, 0.15) is 5.15 Å². The summed E-state index contributed by atoms with van der Waals surface area (Å²) in [4.78, 5) is 8.91. The monoisotopic (exact) mass is 280 g/mol. The van der Waals surface area contributed by atoms with Crippen LogP contribution in [0.2, 0.25) is 5.15 Å². The van der Waals surface area contributed by atoms with Crippen LogP contribution in [0.3, 0.4) is 0 Å². The van der Waals surface area contributed by atoms with Crippen molar-refractivity contribution >= 4 is 11.6 Å². The van der Waals surface area contributed by atoms with E-state index in [1.54, 1.807) is 6.07 Å². The summed E-state index contributed by atoms with van der Waals surface area (Å²) in [5.41, 5.74) is 4.06. The van der Waals surface area contributed by atoms with Crippen LogP contribution in [0.25, 0.3) is 22.6 Å². The van der Waals surface area contributed by atoms with Crippen LogP contribution in [0.4, 0.5) is 0 Å². The second kappa shape index (κ2) is 5.43. The SMILES string of the molecule is Cc1ccc(-c2cc(Cl)nc(-c3ccccc3)n2)cc1. The topological polar surface area (TPSA) is 25.8 Å². The van der Waals surface area contributed by atoms with Crippen LogP contribution in [-0.2, 0) is 0 Å². The fraction of sp³-hybridized carbons (Fsp3) is 0.0588. The van der Waals surface area contributed by atoms with E-state index in [2.05, 4.69) is 29.0 Å². The molecule has 0 saturated heterocycles. The van der Waals surface area contributed by atoms with Gasteiger partial charge in [0.05, 0.1) is 5.69 Å². The van der Waals surface area contributed by atoms with E-state index in [9.17, 15) is 0 Å². The van der Waals surface area contributed by atoms with Gasteiger partial charge in [-0.05, 0) is 6.92 Å². The van der Waals surface area contributed by atoms with Crippen molar-refractivity contribution < 1.29 is 0 Å². The van der Waals surface area contributed by atoms with Crippen molar-refractivity contribution in [3.63, 3.8) is 0 Å². The molecule has 0 radical (unpaired) electrons. The molecule has 0 bridgehead atoms. The summed E-state index contributed by atoms with van der Waals surface area (Å²) in [6, 6.07) is 19.9. The molecule has 2 aromatic carbocycles. The zero-order valence-corrected chi connectivity index (χ0v) is 11.8. The van der Waals surface area contributed by atoms with Gasteiger partial charge in [-0.1, -0.05) is 71.8 Å². The average molecular weight is 281 g/mol. The molecule has 3 heteroatoms. The predicted octanol–water partition coefficient (Wildman–Crippen LogP) is 4.77. The molecular weight excluding hydrogens is 268 g/mol. The molecule has 0 amide bonds. The van der Waals surface area contributed by atoms with E-state index in [4.69, 9.17) is 11.6 Å². The molecule has 3 rings (SSSR count). The number of nitrogens with zero attached hydrogens (tertiary/aromatic N) is 2. The lowest BCUT2D eigenvalue weighted by molar-refractivity contribution is 1.18. The lowest BCUT2D eigenvalue weighted by atomic mass is 10.1.